The van der Waals surface area contributed by atoms with Crippen molar-refractivity contribution in [1.29, 1.82) is 0 Å². The van der Waals surface area contributed by atoms with Gasteiger partial charge in [-0.2, -0.15) is 0 Å². The Morgan fingerprint density at radius 3 is 2.79 bits per heavy atom. The largest absolute Gasteiger partial charge is 0.399 e. The molecule has 0 saturated heterocycles. The smallest absolute Gasteiger partial charge is 0.0317 e. The lowest BCUT2D eigenvalue weighted by Crippen LogP contribution is -2.18. The molecule has 2 N–H and O–H groups in total. The number of hydrogen-bond donors (Lipinski definition) is 1. The van der Waals surface area contributed by atoms with E-state index in [1.165, 1.54) is 18.4 Å². The van der Waals surface area contributed by atoms with Crippen molar-refractivity contribution < 1.29 is 0 Å². The first-order valence-electron chi connectivity index (χ1n) is 5.25. The fourth-order valence-corrected chi connectivity index (χ4v) is 1.51. The Labute approximate surface area is 86.7 Å². The van der Waals surface area contributed by atoms with Gasteiger partial charge in [0, 0.05) is 12.2 Å². The number of nitrogen functional groups attached to an aromatic ring is 1. The number of unbranched alkanes of at least 4 members (excludes halogenated alkanes) is 1. The monoisotopic (exact) mass is 192 g/mol. The maximum Gasteiger partial charge on any atom is 0.0317 e. The van der Waals surface area contributed by atoms with Gasteiger partial charge in [0.2, 0.25) is 0 Å². The molecule has 0 atom stereocenters. The van der Waals surface area contributed by atoms with Crippen LogP contribution < -0.4 is 5.73 Å². The summed E-state index contributed by atoms with van der Waals surface area (Å²) >= 11 is 0. The highest BCUT2D eigenvalue weighted by molar-refractivity contribution is 5.40. The van der Waals surface area contributed by atoms with Crippen molar-refractivity contribution in [3.63, 3.8) is 0 Å². The summed E-state index contributed by atoms with van der Waals surface area (Å²) in [6.07, 6.45) is 2.51. The van der Waals surface area contributed by atoms with E-state index in [1.54, 1.807) is 0 Å². The summed E-state index contributed by atoms with van der Waals surface area (Å²) in [6, 6.07) is 8.11. The average molecular weight is 192 g/mol. The van der Waals surface area contributed by atoms with Crippen molar-refractivity contribution >= 4 is 5.69 Å². The van der Waals surface area contributed by atoms with Crippen molar-refractivity contribution in [3.05, 3.63) is 29.8 Å². The van der Waals surface area contributed by atoms with Gasteiger partial charge in [0.05, 0.1) is 0 Å². The summed E-state index contributed by atoms with van der Waals surface area (Å²) in [5.74, 6) is 0. The Bertz CT molecular complexity index is 271. The molecule has 1 rings (SSSR count). The molecule has 1 aromatic rings. The van der Waals surface area contributed by atoms with Gasteiger partial charge in [0.25, 0.3) is 0 Å². The van der Waals surface area contributed by atoms with Gasteiger partial charge < -0.3 is 10.6 Å². The molecule has 0 spiro atoms. The summed E-state index contributed by atoms with van der Waals surface area (Å²) in [5.41, 5.74) is 7.86. The van der Waals surface area contributed by atoms with Crippen molar-refractivity contribution in [2.75, 3.05) is 19.3 Å². The fourth-order valence-electron chi connectivity index (χ4n) is 1.51. The minimum Gasteiger partial charge on any atom is -0.399 e. The van der Waals surface area contributed by atoms with Gasteiger partial charge in [-0.25, -0.2) is 0 Å². The molecule has 0 radical (unpaired) electrons. The lowest BCUT2D eigenvalue weighted by molar-refractivity contribution is 0.321. The zero-order valence-electron chi connectivity index (χ0n) is 9.16. The van der Waals surface area contributed by atoms with Crippen LogP contribution in [0.4, 0.5) is 5.69 Å². The summed E-state index contributed by atoms with van der Waals surface area (Å²) in [7, 11) is 2.15. The zero-order valence-corrected chi connectivity index (χ0v) is 9.16. The van der Waals surface area contributed by atoms with E-state index in [0.29, 0.717) is 0 Å². The molecule has 2 nitrogen and oxygen atoms in total. The number of nitrogens with two attached hydrogens (primary N) is 1. The second-order valence-corrected chi connectivity index (χ2v) is 3.84. The molecule has 0 aromatic heterocycles. The first kappa shape index (κ1) is 11.1. The van der Waals surface area contributed by atoms with Crippen LogP contribution in [0.25, 0.3) is 0 Å². The first-order valence-corrected chi connectivity index (χ1v) is 5.25. The van der Waals surface area contributed by atoms with E-state index in [0.717, 1.165) is 18.8 Å². The van der Waals surface area contributed by atoms with Gasteiger partial charge in [0.1, 0.15) is 0 Å². The minimum absolute atomic E-state index is 0.853. The van der Waals surface area contributed by atoms with Gasteiger partial charge >= 0.3 is 0 Å². The third kappa shape index (κ3) is 3.79. The van der Waals surface area contributed by atoms with Crippen LogP contribution in [0.2, 0.25) is 0 Å². The van der Waals surface area contributed by atoms with Crippen molar-refractivity contribution in [2.24, 2.45) is 0 Å². The number of rotatable bonds is 5. The van der Waals surface area contributed by atoms with Gasteiger partial charge in [-0.1, -0.05) is 25.5 Å². The quantitative estimate of drug-likeness (QED) is 0.726. The second-order valence-electron chi connectivity index (χ2n) is 3.84. The van der Waals surface area contributed by atoms with Crippen LogP contribution in [-0.2, 0) is 6.54 Å². The average Bonchev–Trinajstić information content (AvgIpc) is 2.15. The molecule has 2 heteroatoms. The Morgan fingerprint density at radius 2 is 2.14 bits per heavy atom. The maximum atomic E-state index is 5.72. The Hall–Kier alpha value is -1.02. The summed E-state index contributed by atoms with van der Waals surface area (Å²) in [4.78, 5) is 2.33. The molecule has 0 saturated carbocycles. The lowest BCUT2D eigenvalue weighted by atomic mass is 10.2. The molecule has 14 heavy (non-hydrogen) atoms. The Balaban J connectivity index is 2.43. The highest BCUT2D eigenvalue weighted by Crippen LogP contribution is 2.08. The molecule has 78 valence electrons. The number of hydrogen-bond acceptors (Lipinski definition) is 2. The van der Waals surface area contributed by atoms with Crippen LogP contribution >= 0.6 is 0 Å². The molecule has 0 fully saturated rings. The van der Waals surface area contributed by atoms with Crippen molar-refractivity contribution in [3.8, 4) is 0 Å². The Morgan fingerprint density at radius 1 is 1.36 bits per heavy atom. The van der Waals surface area contributed by atoms with Crippen LogP contribution in [0.15, 0.2) is 24.3 Å². The van der Waals surface area contributed by atoms with Crippen LogP contribution in [-0.4, -0.2) is 18.5 Å². The molecule has 1 aromatic carbocycles. The third-order valence-corrected chi connectivity index (χ3v) is 2.30. The van der Waals surface area contributed by atoms with E-state index in [4.69, 9.17) is 5.73 Å². The van der Waals surface area contributed by atoms with E-state index >= 15 is 0 Å². The molecule has 0 aliphatic heterocycles. The number of benzene rings is 1. The molecular weight excluding hydrogens is 172 g/mol. The van der Waals surface area contributed by atoms with Gasteiger partial charge in [-0.05, 0) is 37.7 Å². The van der Waals surface area contributed by atoms with Crippen molar-refractivity contribution in [2.45, 2.75) is 26.3 Å². The fraction of sp³-hybridized carbons (Fsp3) is 0.500. The summed E-state index contributed by atoms with van der Waals surface area (Å²) in [6.45, 7) is 4.37. The lowest BCUT2D eigenvalue weighted by Gasteiger charge is -2.16. The van der Waals surface area contributed by atoms with E-state index in [9.17, 15) is 0 Å². The molecule has 0 heterocycles. The molecule has 0 bridgehead atoms. The first-order chi connectivity index (χ1) is 6.72. The summed E-state index contributed by atoms with van der Waals surface area (Å²) in [5, 5.41) is 0. The third-order valence-electron chi connectivity index (χ3n) is 2.30. The predicted octanol–water partition coefficient (Wildman–Crippen LogP) is 2.50. The highest BCUT2D eigenvalue weighted by Gasteiger charge is 1.99. The van der Waals surface area contributed by atoms with Crippen LogP contribution in [0.1, 0.15) is 25.3 Å². The molecule has 0 aliphatic rings. The van der Waals surface area contributed by atoms with Gasteiger partial charge in [-0.3, -0.25) is 0 Å². The molecular formula is C12H20N2. The molecule has 0 aliphatic carbocycles. The Kier molecular flexibility index (Phi) is 4.47. The number of nitrogens with zero attached hydrogens (tertiary/aromatic N) is 1. The van der Waals surface area contributed by atoms with E-state index in [2.05, 4.69) is 24.9 Å². The standard InChI is InChI=1S/C12H20N2/c1-3-4-8-14(2)10-11-6-5-7-12(13)9-11/h5-7,9H,3-4,8,10,13H2,1-2H3. The zero-order chi connectivity index (χ0) is 10.4. The number of anilines is 1. The normalized spacial score (nSPS) is 10.8. The van der Waals surface area contributed by atoms with Gasteiger partial charge in [0.15, 0.2) is 0 Å². The second kappa shape index (κ2) is 5.66. The van der Waals surface area contributed by atoms with Crippen LogP contribution in [0.3, 0.4) is 0 Å². The van der Waals surface area contributed by atoms with E-state index in [1.807, 2.05) is 18.2 Å². The molecule has 0 amide bonds. The van der Waals surface area contributed by atoms with Gasteiger partial charge in [-0.15, -0.1) is 0 Å². The summed E-state index contributed by atoms with van der Waals surface area (Å²) < 4.78 is 0. The highest BCUT2D eigenvalue weighted by atomic mass is 15.1. The predicted molar refractivity (Wildman–Crippen MR) is 62.1 cm³/mol. The minimum atomic E-state index is 0.853. The van der Waals surface area contributed by atoms with Crippen molar-refractivity contribution in [1.82, 2.24) is 4.90 Å². The topological polar surface area (TPSA) is 29.3 Å². The van der Waals surface area contributed by atoms with Crippen LogP contribution in [0.5, 0.6) is 0 Å². The molecule has 0 unspecified atom stereocenters. The van der Waals surface area contributed by atoms with E-state index < -0.39 is 0 Å². The van der Waals surface area contributed by atoms with E-state index in [-0.39, 0.29) is 0 Å². The SMILES string of the molecule is CCCCN(C)Cc1cccc(N)c1. The van der Waals surface area contributed by atoms with Crippen LogP contribution in [0, 0.1) is 0 Å². The maximum absolute atomic E-state index is 5.72.